The van der Waals surface area contributed by atoms with E-state index in [0.717, 1.165) is 0 Å². The Morgan fingerprint density at radius 1 is 1.25 bits per heavy atom. The van der Waals surface area contributed by atoms with Gasteiger partial charge in [-0.05, 0) is 6.42 Å². The minimum atomic E-state index is -0.370. The van der Waals surface area contributed by atoms with E-state index in [1.165, 1.54) is 4.90 Å². The van der Waals surface area contributed by atoms with Gasteiger partial charge >= 0.3 is 0 Å². The Morgan fingerprint density at radius 2 is 2.00 bits per heavy atom. The van der Waals surface area contributed by atoms with Gasteiger partial charge in [0.05, 0.1) is 6.20 Å². The minimum absolute atomic E-state index is 0.126. The van der Waals surface area contributed by atoms with Crippen molar-refractivity contribution in [3.05, 3.63) is 29.8 Å². The zero-order valence-electron chi connectivity index (χ0n) is 10.7. The SMILES string of the molecule is CCCN1C(=O)c2nc3[nH][n+]4cccn4c3nc2C1=O. The molecule has 1 N–H and O–H groups in total. The van der Waals surface area contributed by atoms with Crippen LogP contribution in [0.4, 0.5) is 0 Å². The van der Waals surface area contributed by atoms with Crippen LogP contribution in [-0.2, 0) is 0 Å². The first-order valence-electron chi connectivity index (χ1n) is 6.35. The van der Waals surface area contributed by atoms with Crippen LogP contribution in [0.1, 0.15) is 34.3 Å². The van der Waals surface area contributed by atoms with Crippen LogP contribution in [0, 0.1) is 0 Å². The molecule has 3 aromatic heterocycles. The van der Waals surface area contributed by atoms with Crippen molar-refractivity contribution in [3.8, 4) is 0 Å². The molecule has 100 valence electrons. The second-order valence-electron chi connectivity index (χ2n) is 4.65. The molecule has 0 aromatic carbocycles. The number of H-pyrrole nitrogens is 1. The number of amides is 2. The molecule has 4 rings (SSSR count). The Bertz CT molecular complexity index is 877. The average molecular weight is 271 g/mol. The number of carbonyl (C=O) groups is 2. The van der Waals surface area contributed by atoms with Crippen LogP contribution in [0.25, 0.3) is 11.3 Å². The number of nitrogens with zero attached hydrogens (tertiary/aromatic N) is 5. The molecule has 0 fully saturated rings. The maximum absolute atomic E-state index is 12.2. The number of aromatic amines is 1. The third-order valence-corrected chi connectivity index (χ3v) is 3.34. The van der Waals surface area contributed by atoms with Crippen LogP contribution < -0.4 is 4.63 Å². The van der Waals surface area contributed by atoms with E-state index in [2.05, 4.69) is 15.1 Å². The van der Waals surface area contributed by atoms with Gasteiger partial charge in [0.1, 0.15) is 0 Å². The van der Waals surface area contributed by atoms with Gasteiger partial charge in [0.2, 0.25) is 17.5 Å². The quantitative estimate of drug-likeness (QED) is 0.516. The topological polar surface area (TPSA) is 87.5 Å². The summed E-state index contributed by atoms with van der Waals surface area (Å²) in [4.78, 5) is 34.2. The molecule has 4 heterocycles. The van der Waals surface area contributed by atoms with E-state index in [0.29, 0.717) is 24.3 Å². The summed E-state index contributed by atoms with van der Waals surface area (Å²) in [5, 5.41) is 2.99. The van der Waals surface area contributed by atoms with Crippen molar-refractivity contribution in [1.29, 1.82) is 0 Å². The Morgan fingerprint density at radius 3 is 2.75 bits per heavy atom. The summed E-state index contributed by atoms with van der Waals surface area (Å²) in [7, 11) is 0. The van der Waals surface area contributed by atoms with E-state index in [1.54, 1.807) is 21.5 Å². The van der Waals surface area contributed by atoms with Crippen molar-refractivity contribution in [2.45, 2.75) is 13.3 Å². The zero-order valence-corrected chi connectivity index (χ0v) is 10.7. The van der Waals surface area contributed by atoms with Crippen molar-refractivity contribution >= 4 is 23.1 Å². The molecule has 0 spiro atoms. The number of imide groups is 1. The third-order valence-electron chi connectivity index (χ3n) is 3.34. The van der Waals surface area contributed by atoms with Gasteiger partial charge in [0.25, 0.3) is 11.8 Å². The molecule has 20 heavy (non-hydrogen) atoms. The predicted molar refractivity (Wildman–Crippen MR) is 66.2 cm³/mol. The van der Waals surface area contributed by atoms with Crippen LogP contribution in [-0.4, -0.2) is 42.8 Å². The Hall–Kier alpha value is -2.77. The first-order chi connectivity index (χ1) is 9.70. The van der Waals surface area contributed by atoms with Gasteiger partial charge in [-0.15, -0.1) is 5.10 Å². The average Bonchev–Trinajstić information content (AvgIpc) is 3.07. The second kappa shape index (κ2) is 3.62. The molecule has 1 aliphatic rings. The molecule has 8 heteroatoms. The molecule has 1 aliphatic heterocycles. The number of hydrogen-bond donors (Lipinski definition) is 1. The fraction of sp³-hybridized carbons (Fsp3) is 0.250. The Labute approximate surface area is 112 Å². The fourth-order valence-corrected chi connectivity index (χ4v) is 2.45. The van der Waals surface area contributed by atoms with E-state index in [1.807, 2.05) is 13.0 Å². The number of hydrogen-bond acceptors (Lipinski definition) is 4. The lowest BCUT2D eigenvalue weighted by Gasteiger charge is -2.10. The van der Waals surface area contributed by atoms with Gasteiger partial charge < -0.3 is 0 Å². The van der Waals surface area contributed by atoms with Crippen molar-refractivity contribution in [3.63, 3.8) is 0 Å². The van der Waals surface area contributed by atoms with Crippen molar-refractivity contribution < 1.29 is 14.2 Å². The molecule has 3 aromatic rings. The first-order valence-corrected chi connectivity index (χ1v) is 6.35. The van der Waals surface area contributed by atoms with Crippen LogP contribution in [0.15, 0.2) is 18.5 Å². The summed E-state index contributed by atoms with van der Waals surface area (Å²) in [6, 6.07) is 1.83. The highest BCUT2D eigenvalue weighted by atomic mass is 16.2. The maximum Gasteiger partial charge on any atom is 0.281 e. The third kappa shape index (κ3) is 1.22. The number of nitrogens with one attached hydrogen (secondary N) is 1. The summed E-state index contributed by atoms with van der Waals surface area (Å²) in [6.45, 7) is 2.30. The zero-order chi connectivity index (χ0) is 13.9. The molecular formula is C12H11N6O2+. The van der Waals surface area contributed by atoms with Crippen LogP contribution in [0.5, 0.6) is 0 Å². The monoisotopic (exact) mass is 271 g/mol. The largest absolute Gasteiger partial charge is 0.281 e. The van der Waals surface area contributed by atoms with Crippen molar-refractivity contribution in [2.24, 2.45) is 0 Å². The number of rotatable bonds is 2. The minimum Gasteiger partial charge on any atom is -0.272 e. The van der Waals surface area contributed by atoms with Crippen LogP contribution in [0.2, 0.25) is 0 Å². The number of aromatic nitrogens is 5. The van der Waals surface area contributed by atoms with Gasteiger partial charge in [-0.2, -0.15) is 0 Å². The molecule has 0 saturated carbocycles. The lowest BCUT2D eigenvalue weighted by molar-refractivity contribution is -0.669. The van der Waals surface area contributed by atoms with Crippen molar-refractivity contribution in [1.82, 2.24) is 24.5 Å². The number of fused-ring (bicyclic) bond motifs is 4. The van der Waals surface area contributed by atoms with Gasteiger partial charge in [0.15, 0.2) is 11.4 Å². The summed E-state index contributed by atoms with van der Waals surface area (Å²) < 4.78 is 3.40. The standard InChI is InChI=1S/C12H10N6O2/c1-2-4-16-11(19)7-8(12(16)20)14-10-9(13-7)15-18-6-3-5-17(10)18/h3,5-6H,2,4H2,1H3/p+1. The maximum atomic E-state index is 12.2. The summed E-state index contributed by atoms with van der Waals surface area (Å²) in [6.07, 6.45) is 4.30. The highest BCUT2D eigenvalue weighted by molar-refractivity contribution is 6.19. The summed E-state index contributed by atoms with van der Waals surface area (Å²) in [5.41, 5.74) is 1.25. The first kappa shape index (κ1) is 11.1. The lowest BCUT2D eigenvalue weighted by Crippen LogP contribution is -2.30. The van der Waals surface area contributed by atoms with Crippen LogP contribution in [0.3, 0.4) is 0 Å². The second-order valence-corrected chi connectivity index (χ2v) is 4.65. The Kier molecular flexibility index (Phi) is 2.01. The lowest BCUT2D eigenvalue weighted by atomic mass is 10.3. The highest BCUT2D eigenvalue weighted by Crippen LogP contribution is 2.21. The summed E-state index contributed by atoms with van der Waals surface area (Å²) in [5.74, 6) is -0.738. The van der Waals surface area contributed by atoms with E-state index >= 15 is 0 Å². The van der Waals surface area contributed by atoms with Crippen molar-refractivity contribution in [2.75, 3.05) is 6.54 Å². The smallest absolute Gasteiger partial charge is 0.272 e. The van der Waals surface area contributed by atoms with E-state index in [-0.39, 0.29) is 23.2 Å². The van der Waals surface area contributed by atoms with Gasteiger partial charge in [-0.3, -0.25) is 14.5 Å². The van der Waals surface area contributed by atoms with E-state index in [9.17, 15) is 9.59 Å². The van der Waals surface area contributed by atoms with Gasteiger partial charge in [0, 0.05) is 17.2 Å². The van der Waals surface area contributed by atoms with Gasteiger partial charge in [-0.25, -0.2) is 9.97 Å². The molecule has 0 radical (unpaired) electrons. The van der Waals surface area contributed by atoms with E-state index in [4.69, 9.17) is 0 Å². The molecule has 0 saturated heterocycles. The predicted octanol–water partition coefficient (Wildman–Crippen LogP) is -0.198. The molecule has 2 amide bonds. The van der Waals surface area contributed by atoms with Gasteiger partial charge in [-0.1, -0.05) is 11.4 Å². The molecule has 0 bridgehead atoms. The molecule has 8 nitrogen and oxygen atoms in total. The fourth-order valence-electron chi connectivity index (χ4n) is 2.45. The molecule has 0 aliphatic carbocycles. The van der Waals surface area contributed by atoms with E-state index < -0.39 is 0 Å². The van der Waals surface area contributed by atoms with Crippen LogP contribution >= 0.6 is 0 Å². The molecular weight excluding hydrogens is 260 g/mol. The highest BCUT2D eigenvalue weighted by Gasteiger charge is 2.39. The molecule has 0 atom stereocenters. The summed E-state index contributed by atoms with van der Waals surface area (Å²) >= 11 is 0. The Balaban J connectivity index is 1.98. The normalized spacial score (nSPS) is 14.8. The number of carbonyl (C=O) groups excluding carboxylic acids is 2. The molecule has 0 unspecified atom stereocenters.